The van der Waals surface area contributed by atoms with Crippen LogP contribution in [-0.2, 0) is 0 Å². The van der Waals surface area contributed by atoms with E-state index in [1.165, 1.54) is 0 Å². The molecule has 29 heavy (non-hydrogen) atoms. The molecule has 0 saturated heterocycles. The number of hydrogen-bond donors (Lipinski definition) is 1. The van der Waals surface area contributed by atoms with Crippen LogP contribution in [0.25, 0.3) is 16.7 Å². The number of hydrazone groups is 1. The van der Waals surface area contributed by atoms with Gasteiger partial charge in [0.15, 0.2) is 5.76 Å². The summed E-state index contributed by atoms with van der Waals surface area (Å²) in [5.74, 6) is -0.181. The van der Waals surface area contributed by atoms with Crippen molar-refractivity contribution < 1.29 is 9.21 Å². The monoisotopic (exact) mass is 562 g/mol. The zero-order chi connectivity index (χ0) is 20.5. The van der Waals surface area contributed by atoms with E-state index in [4.69, 9.17) is 4.42 Å². The molecule has 8 heteroatoms. The van der Waals surface area contributed by atoms with E-state index in [9.17, 15) is 4.79 Å². The third-order valence-electron chi connectivity index (χ3n) is 4.50. The number of carbonyl (C=O) groups is 1. The van der Waals surface area contributed by atoms with Gasteiger partial charge in [-0.05, 0) is 72.8 Å². The Hall–Kier alpha value is -2.46. The number of aryl methyl sites for hydroxylation is 1. The molecule has 146 valence electrons. The lowest BCUT2D eigenvalue weighted by Crippen LogP contribution is -2.16. The number of pyridine rings is 1. The third-order valence-corrected chi connectivity index (χ3v) is 5.76. The van der Waals surface area contributed by atoms with Gasteiger partial charge in [0, 0.05) is 33.0 Å². The van der Waals surface area contributed by atoms with Crippen LogP contribution in [0.1, 0.15) is 27.5 Å². The van der Waals surface area contributed by atoms with Crippen molar-refractivity contribution in [1.82, 2.24) is 15.0 Å². The highest BCUT2D eigenvalue weighted by Gasteiger charge is 2.14. The number of nitrogens with zero attached hydrogens (tertiary/aromatic N) is 3. The van der Waals surface area contributed by atoms with E-state index >= 15 is 0 Å². The minimum absolute atomic E-state index is 0.217. The van der Waals surface area contributed by atoms with Crippen LogP contribution in [0.5, 0.6) is 0 Å². The van der Waals surface area contributed by atoms with E-state index in [0.29, 0.717) is 5.58 Å². The van der Waals surface area contributed by atoms with Gasteiger partial charge in [-0.2, -0.15) is 5.10 Å². The molecule has 0 aliphatic heterocycles. The molecule has 0 aliphatic rings. The lowest BCUT2D eigenvalue weighted by molar-refractivity contribution is 0.0929. The number of halogens is 2. The zero-order valence-corrected chi connectivity index (χ0v) is 19.4. The van der Waals surface area contributed by atoms with Crippen LogP contribution < -0.4 is 5.43 Å². The number of fused-ring (bicyclic) bond motifs is 1. The van der Waals surface area contributed by atoms with Crippen LogP contribution in [0.3, 0.4) is 0 Å². The second kappa shape index (κ2) is 8.11. The summed E-state index contributed by atoms with van der Waals surface area (Å²) >= 11 is 5.63. The number of nitrogens with one attached hydrogen (secondary N) is 1. The average Bonchev–Trinajstić information content (AvgIpc) is 3.23. The van der Waals surface area contributed by atoms with Crippen LogP contribution >= 0.6 is 38.5 Å². The summed E-state index contributed by atoms with van der Waals surface area (Å²) in [4.78, 5) is 16.6. The van der Waals surface area contributed by atoms with E-state index in [-0.39, 0.29) is 5.76 Å². The van der Waals surface area contributed by atoms with Gasteiger partial charge in [0.1, 0.15) is 5.58 Å². The molecule has 1 amide bonds. The first-order valence-corrected chi connectivity index (χ1v) is 10.6. The maximum Gasteiger partial charge on any atom is 0.307 e. The maximum absolute atomic E-state index is 12.4. The lowest BCUT2D eigenvalue weighted by Gasteiger charge is -2.08. The van der Waals surface area contributed by atoms with Gasteiger partial charge in [0.25, 0.3) is 0 Å². The van der Waals surface area contributed by atoms with Crippen molar-refractivity contribution in [3.8, 4) is 5.69 Å². The van der Waals surface area contributed by atoms with Crippen LogP contribution in [0.2, 0.25) is 0 Å². The second-order valence-electron chi connectivity index (χ2n) is 6.49. The average molecular weight is 563 g/mol. The number of furan rings is 1. The molecule has 1 N–H and O–H groups in total. The predicted octanol–water partition coefficient (Wildman–Crippen LogP) is 5.37. The molecule has 0 aliphatic carbocycles. The van der Waals surface area contributed by atoms with Gasteiger partial charge >= 0.3 is 5.91 Å². The molecule has 0 spiro atoms. The van der Waals surface area contributed by atoms with E-state index in [2.05, 4.69) is 58.6 Å². The fourth-order valence-electron chi connectivity index (χ4n) is 3.20. The number of carbonyl (C=O) groups excluding carboxylic acids is 1. The Balaban J connectivity index is 1.54. The number of benzene rings is 1. The van der Waals surface area contributed by atoms with Gasteiger partial charge in [0.05, 0.1) is 21.7 Å². The van der Waals surface area contributed by atoms with Gasteiger partial charge in [-0.3, -0.25) is 9.78 Å². The lowest BCUT2D eigenvalue weighted by atomic mass is 10.2. The normalized spacial score (nSPS) is 11.4. The topological polar surface area (TPSA) is 72.4 Å². The highest BCUT2D eigenvalue weighted by atomic mass is 127. The van der Waals surface area contributed by atoms with Gasteiger partial charge < -0.3 is 8.98 Å². The van der Waals surface area contributed by atoms with E-state index < -0.39 is 5.91 Å². The summed E-state index contributed by atoms with van der Waals surface area (Å²) < 4.78 is 9.65. The minimum atomic E-state index is -0.398. The standard InChI is InChI=1S/C21H16BrIN4O2/c1-12-6-15(13(2)27(12)17-4-3-5-24-11-17)10-25-26-21(28)19-8-14-7-16(22)9-18(23)20(14)29-19/h3-11H,1-2H3,(H,26,28)/b25-10-. The molecule has 0 atom stereocenters. The Labute approximate surface area is 189 Å². The van der Waals surface area contributed by atoms with Crippen LogP contribution in [0.15, 0.2) is 62.8 Å². The van der Waals surface area contributed by atoms with Crippen molar-refractivity contribution in [3.63, 3.8) is 0 Å². The highest BCUT2D eigenvalue weighted by molar-refractivity contribution is 14.1. The van der Waals surface area contributed by atoms with E-state index in [1.807, 2.05) is 50.4 Å². The summed E-state index contributed by atoms with van der Waals surface area (Å²) in [6.07, 6.45) is 5.19. The third kappa shape index (κ3) is 3.99. The molecule has 0 unspecified atom stereocenters. The molecule has 3 aromatic heterocycles. The van der Waals surface area contributed by atoms with Crippen molar-refractivity contribution in [2.75, 3.05) is 0 Å². The van der Waals surface area contributed by atoms with Crippen LogP contribution in [-0.4, -0.2) is 21.7 Å². The van der Waals surface area contributed by atoms with Gasteiger partial charge in [-0.15, -0.1) is 0 Å². The minimum Gasteiger partial charge on any atom is -0.450 e. The molecule has 0 bridgehead atoms. The SMILES string of the molecule is Cc1cc(/C=N\NC(=O)c2cc3cc(Br)cc(I)c3o2)c(C)n1-c1cccnc1. The molecule has 6 nitrogen and oxygen atoms in total. The van der Waals surface area contributed by atoms with E-state index in [0.717, 1.165) is 36.1 Å². The fourth-order valence-corrected chi connectivity index (χ4v) is 4.87. The Morgan fingerprint density at radius 1 is 1.31 bits per heavy atom. The first-order valence-electron chi connectivity index (χ1n) is 8.75. The van der Waals surface area contributed by atoms with Crippen molar-refractivity contribution in [2.45, 2.75) is 13.8 Å². The number of hydrogen-bond acceptors (Lipinski definition) is 4. The van der Waals surface area contributed by atoms with Crippen molar-refractivity contribution in [1.29, 1.82) is 0 Å². The predicted molar refractivity (Wildman–Crippen MR) is 125 cm³/mol. The van der Waals surface area contributed by atoms with Crippen molar-refractivity contribution >= 4 is 61.6 Å². The first-order chi connectivity index (χ1) is 13.9. The molecule has 3 heterocycles. The summed E-state index contributed by atoms with van der Waals surface area (Å²) in [6.45, 7) is 4.02. The van der Waals surface area contributed by atoms with Crippen LogP contribution in [0, 0.1) is 17.4 Å². The molecule has 4 rings (SSSR count). The Kier molecular flexibility index (Phi) is 5.55. The first kappa shape index (κ1) is 19.8. The summed E-state index contributed by atoms with van der Waals surface area (Å²) in [6, 6.07) is 11.5. The number of amides is 1. The van der Waals surface area contributed by atoms with Crippen LogP contribution in [0.4, 0.5) is 0 Å². The zero-order valence-electron chi connectivity index (χ0n) is 15.6. The molecule has 0 radical (unpaired) electrons. The van der Waals surface area contributed by atoms with Gasteiger partial charge in [-0.25, -0.2) is 5.43 Å². The molecule has 0 saturated carbocycles. The molecular weight excluding hydrogens is 547 g/mol. The molecule has 0 fully saturated rings. The Bertz CT molecular complexity index is 1240. The van der Waals surface area contributed by atoms with Gasteiger partial charge in [-0.1, -0.05) is 15.9 Å². The molecule has 1 aromatic carbocycles. The highest BCUT2D eigenvalue weighted by Crippen LogP contribution is 2.28. The summed E-state index contributed by atoms with van der Waals surface area (Å²) in [5.41, 5.74) is 7.18. The smallest absolute Gasteiger partial charge is 0.307 e. The molecule has 4 aromatic rings. The number of rotatable bonds is 4. The summed E-state index contributed by atoms with van der Waals surface area (Å²) in [7, 11) is 0. The van der Waals surface area contributed by atoms with Gasteiger partial charge in [0.2, 0.25) is 0 Å². The van der Waals surface area contributed by atoms with E-state index in [1.54, 1.807) is 18.5 Å². The second-order valence-corrected chi connectivity index (χ2v) is 8.57. The Morgan fingerprint density at radius 2 is 2.14 bits per heavy atom. The fraction of sp³-hybridized carbons (Fsp3) is 0.0952. The Morgan fingerprint density at radius 3 is 2.90 bits per heavy atom. The number of aromatic nitrogens is 2. The summed E-state index contributed by atoms with van der Waals surface area (Å²) in [5, 5.41) is 4.97. The van der Waals surface area contributed by atoms with Crippen molar-refractivity contribution in [2.24, 2.45) is 5.10 Å². The van der Waals surface area contributed by atoms with Crippen molar-refractivity contribution in [3.05, 3.63) is 79.5 Å². The molecular formula is C21H16BrIN4O2. The largest absolute Gasteiger partial charge is 0.450 e. The maximum atomic E-state index is 12.4. The quantitative estimate of drug-likeness (QED) is 0.206.